The minimum absolute atomic E-state index is 0.247. The Hall–Kier alpha value is -0.880. The molecule has 1 heterocycles. The van der Waals surface area contributed by atoms with Crippen molar-refractivity contribution in [2.75, 3.05) is 6.54 Å². The van der Waals surface area contributed by atoms with Gasteiger partial charge < -0.3 is 0 Å². The Kier molecular flexibility index (Phi) is 7.84. The number of nitrogens with zero attached hydrogens (tertiary/aromatic N) is 1. The average molecular weight is 301 g/mol. The molecule has 0 saturated heterocycles. The minimum atomic E-state index is -3.40. The van der Waals surface area contributed by atoms with E-state index in [2.05, 4.69) is 21.8 Å². The van der Waals surface area contributed by atoms with E-state index in [1.54, 1.807) is 6.92 Å². The maximum Gasteiger partial charge on any atom is 0.243 e. The molecular weight excluding hydrogens is 274 g/mol. The Morgan fingerprint density at radius 2 is 1.70 bits per heavy atom. The fraction of sp³-hybridized carbons (Fsp3) is 0.786. The highest BCUT2D eigenvalue weighted by molar-refractivity contribution is 7.89. The predicted molar refractivity (Wildman–Crippen MR) is 81.1 cm³/mol. The van der Waals surface area contributed by atoms with Crippen LogP contribution in [0, 0.1) is 6.92 Å². The number of rotatable bonds is 11. The van der Waals surface area contributed by atoms with E-state index < -0.39 is 10.0 Å². The molecule has 0 aromatic carbocycles. The molecule has 0 aliphatic rings. The quantitative estimate of drug-likeness (QED) is 0.617. The Morgan fingerprint density at radius 1 is 1.10 bits per heavy atom. The summed E-state index contributed by atoms with van der Waals surface area (Å²) in [6, 6.07) is 0. The van der Waals surface area contributed by atoms with E-state index >= 15 is 0 Å². The van der Waals surface area contributed by atoms with Crippen LogP contribution in [0.5, 0.6) is 0 Å². The van der Waals surface area contributed by atoms with Crippen LogP contribution < -0.4 is 4.72 Å². The molecule has 0 atom stereocenters. The zero-order chi connectivity index (χ0) is 14.8. The number of aromatic amines is 1. The molecule has 0 fully saturated rings. The molecule has 0 aliphatic heterocycles. The molecule has 2 N–H and O–H groups in total. The zero-order valence-corrected chi connectivity index (χ0v) is 13.4. The van der Waals surface area contributed by atoms with E-state index in [4.69, 9.17) is 0 Å². The van der Waals surface area contributed by atoms with Crippen LogP contribution in [0.25, 0.3) is 0 Å². The van der Waals surface area contributed by atoms with E-state index in [0.29, 0.717) is 12.2 Å². The van der Waals surface area contributed by atoms with Gasteiger partial charge in [-0.25, -0.2) is 13.1 Å². The van der Waals surface area contributed by atoms with Crippen LogP contribution in [-0.4, -0.2) is 25.2 Å². The van der Waals surface area contributed by atoms with Crippen molar-refractivity contribution >= 4 is 10.0 Å². The molecule has 1 aromatic heterocycles. The molecule has 0 bridgehead atoms. The lowest BCUT2D eigenvalue weighted by molar-refractivity contribution is 0.558. The van der Waals surface area contributed by atoms with Gasteiger partial charge in [-0.05, 0) is 13.3 Å². The standard InChI is InChI=1S/C14H27N3O2S/c1-3-4-5-6-7-8-9-10-11-16-20(18,19)14-12-15-17-13(14)2/h12,16H,3-11H2,1-2H3,(H,15,17). The van der Waals surface area contributed by atoms with Gasteiger partial charge in [-0.3, -0.25) is 5.10 Å². The number of nitrogens with one attached hydrogen (secondary N) is 2. The van der Waals surface area contributed by atoms with Gasteiger partial charge in [-0.15, -0.1) is 0 Å². The van der Waals surface area contributed by atoms with Gasteiger partial charge in [0.1, 0.15) is 4.90 Å². The summed E-state index contributed by atoms with van der Waals surface area (Å²) in [4.78, 5) is 0.247. The number of unbranched alkanes of at least 4 members (excludes halogenated alkanes) is 7. The van der Waals surface area contributed by atoms with Crippen molar-refractivity contribution in [1.29, 1.82) is 0 Å². The minimum Gasteiger partial charge on any atom is -0.281 e. The molecule has 0 radical (unpaired) electrons. The highest BCUT2D eigenvalue weighted by Crippen LogP contribution is 2.11. The lowest BCUT2D eigenvalue weighted by atomic mass is 10.1. The second kappa shape index (κ2) is 9.13. The molecule has 0 unspecified atom stereocenters. The first-order chi connectivity index (χ1) is 9.58. The zero-order valence-electron chi connectivity index (χ0n) is 12.6. The number of aromatic nitrogens is 2. The normalized spacial score (nSPS) is 11.9. The maximum absolute atomic E-state index is 12.0. The summed E-state index contributed by atoms with van der Waals surface area (Å²) in [5.74, 6) is 0. The molecule has 0 spiro atoms. The second-order valence-corrected chi connectivity index (χ2v) is 6.97. The van der Waals surface area contributed by atoms with Crippen molar-refractivity contribution in [2.24, 2.45) is 0 Å². The summed E-state index contributed by atoms with van der Waals surface area (Å²) >= 11 is 0. The van der Waals surface area contributed by atoms with Crippen molar-refractivity contribution in [3.63, 3.8) is 0 Å². The van der Waals surface area contributed by atoms with Crippen molar-refractivity contribution in [2.45, 2.75) is 70.1 Å². The van der Waals surface area contributed by atoms with Gasteiger partial charge in [-0.1, -0.05) is 51.9 Å². The van der Waals surface area contributed by atoms with E-state index in [0.717, 1.165) is 12.8 Å². The highest BCUT2D eigenvalue weighted by atomic mass is 32.2. The number of sulfonamides is 1. The van der Waals surface area contributed by atoms with E-state index in [-0.39, 0.29) is 4.90 Å². The average Bonchev–Trinajstić information content (AvgIpc) is 2.84. The summed E-state index contributed by atoms with van der Waals surface area (Å²) in [6.07, 6.45) is 11.0. The predicted octanol–water partition coefficient (Wildman–Crippen LogP) is 3.14. The molecule has 0 saturated carbocycles. The summed E-state index contributed by atoms with van der Waals surface area (Å²) in [6.45, 7) is 4.42. The van der Waals surface area contributed by atoms with Crippen molar-refractivity contribution < 1.29 is 8.42 Å². The first-order valence-corrected chi connectivity index (χ1v) is 9.06. The molecule has 5 nitrogen and oxygen atoms in total. The number of aryl methyl sites for hydroxylation is 1. The summed E-state index contributed by atoms with van der Waals surface area (Å²) in [5, 5.41) is 6.38. The Balaban J connectivity index is 2.11. The molecule has 20 heavy (non-hydrogen) atoms. The van der Waals surface area contributed by atoms with Crippen LogP contribution in [0.15, 0.2) is 11.1 Å². The van der Waals surface area contributed by atoms with Crippen LogP contribution in [0.1, 0.15) is 64.0 Å². The van der Waals surface area contributed by atoms with Gasteiger partial charge in [0.25, 0.3) is 0 Å². The van der Waals surface area contributed by atoms with Gasteiger partial charge in [0.2, 0.25) is 10.0 Å². The van der Waals surface area contributed by atoms with Gasteiger partial charge >= 0.3 is 0 Å². The van der Waals surface area contributed by atoms with Crippen LogP contribution in [0.2, 0.25) is 0 Å². The Morgan fingerprint density at radius 3 is 2.25 bits per heavy atom. The molecule has 116 valence electrons. The molecule has 6 heteroatoms. The number of H-pyrrole nitrogens is 1. The van der Waals surface area contributed by atoms with E-state index in [1.165, 1.54) is 44.7 Å². The molecular formula is C14H27N3O2S. The first-order valence-electron chi connectivity index (χ1n) is 7.57. The fourth-order valence-electron chi connectivity index (χ4n) is 2.15. The monoisotopic (exact) mass is 301 g/mol. The third-order valence-electron chi connectivity index (χ3n) is 3.40. The van der Waals surface area contributed by atoms with Gasteiger partial charge in [0, 0.05) is 6.54 Å². The summed E-state index contributed by atoms with van der Waals surface area (Å²) < 4.78 is 26.5. The molecule has 0 amide bonds. The lowest BCUT2D eigenvalue weighted by Crippen LogP contribution is -2.25. The topological polar surface area (TPSA) is 74.8 Å². The van der Waals surface area contributed by atoms with Gasteiger partial charge in [0.15, 0.2) is 0 Å². The lowest BCUT2D eigenvalue weighted by Gasteiger charge is -2.05. The van der Waals surface area contributed by atoms with Crippen LogP contribution in [0.4, 0.5) is 0 Å². The number of hydrogen-bond acceptors (Lipinski definition) is 3. The van der Waals surface area contributed by atoms with Crippen molar-refractivity contribution in [3.05, 3.63) is 11.9 Å². The van der Waals surface area contributed by atoms with Crippen LogP contribution >= 0.6 is 0 Å². The van der Waals surface area contributed by atoms with Crippen molar-refractivity contribution in [3.8, 4) is 0 Å². The summed E-state index contributed by atoms with van der Waals surface area (Å²) in [7, 11) is -3.40. The second-order valence-electron chi connectivity index (χ2n) is 5.23. The maximum atomic E-state index is 12.0. The smallest absolute Gasteiger partial charge is 0.243 e. The number of hydrogen-bond donors (Lipinski definition) is 2. The Labute approximate surface area is 122 Å². The molecule has 1 aromatic rings. The van der Waals surface area contributed by atoms with E-state index in [9.17, 15) is 8.42 Å². The molecule has 1 rings (SSSR count). The fourth-order valence-corrected chi connectivity index (χ4v) is 3.36. The third kappa shape index (κ3) is 6.05. The first kappa shape index (κ1) is 17.2. The van der Waals surface area contributed by atoms with Gasteiger partial charge in [0.05, 0.1) is 11.9 Å². The van der Waals surface area contributed by atoms with Crippen molar-refractivity contribution in [1.82, 2.24) is 14.9 Å². The van der Waals surface area contributed by atoms with Crippen LogP contribution in [-0.2, 0) is 10.0 Å². The van der Waals surface area contributed by atoms with E-state index in [1.807, 2.05) is 0 Å². The largest absolute Gasteiger partial charge is 0.281 e. The van der Waals surface area contributed by atoms with Crippen LogP contribution in [0.3, 0.4) is 0 Å². The SMILES string of the molecule is CCCCCCCCCCNS(=O)(=O)c1cn[nH]c1C. The Bertz CT molecular complexity index is 469. The highest BCUT2D eigenvalue weighted by Gasteiger charge is 2.17. The van der Waals surface area contributed by atoms with Gasteiger partial charge in [-0.2, -0.15) is 5.10 Å². The summed E-state index contributed by atoms with van der Waals surface area (Å²) in [5.41, 5.74) is 0.577. The molecule has 0 aliphatic carbocycles. The third-order valence-corrected chi connectivity index (χ3v) is 4.97.